The number of benzene rings is 1. The summed E-state index contributed by atoms with van der Waals surface area (Å²) in [5.74, 6) is -0.544. The summed E-state index contributed by atoms with van der Waals surface area (Å²) in [5, 5.41) is 2.89. The minimum absolute atomic E-state index is 0.0130. The van der Waals surface area contributed by atoms with Crippen molar-refractivity contribution < 1.29 is 19.1 Å². The molecule has 1 aromatic rings. The van der Waals surface area contributed by atoms with E-state index < -0.39 is 5.54 Å². The molecule has 0 saturated carbocycles. The lowest BCUT2D eigenvalue weighted by Crippen LogP contribution is -2.62. The maximum absolute atomic E-state index is 14.0. The molecule has 0 unspecified atom stereocenters. The van der Waals surface area contributed by atoms with E-state index >= 15 is 0 Å². The molecule has 0 radical (unpaired) electrons. The summed E-state index contributed by atoms with van der Waals surface area (Å²) in [5.41, 5.74) is 0.299. The number of rotatable bonds is 6. The van der Waals surface area contributed by atoms with Crippen molar-refractivity contribution in [3.8, 4) is 0 Å². The zero-order chi connectivity index (χ0) is 22.7. The standard InChI is InChI=1S/C24H28N4O4/c1-17-8-3-4-10-19(17)27(16-22(30)25-15-18-9-7-13-32-18)23(31)24(2)14-21(29)26-20-11-5-6-12-28(20)24/h3-6,8,10-12,18H,7,9,13-16H2,1-2H3,(H,25,30)/t18-,24-/m0/s1. The molecule has 8 heteroatoms. The number of ether oxygens (including phenoxy) is 1. The molecule has 3 heterocycles. The van der Waals surface area contributed by atoms with Gasteiger partial charge in [0.2, 0.25) is 5.91 Å². The predicted octanol–water partition coefficient (Wildman–Crippen LogP) is 2.10. The molecule has 4 rings (SSSR count). The number of carbonyl (C=O) groups excluding carboxylic acids is 3. The molecule has 0 spiro atoms. The predicted molar refractivity (Wildman–Crippen MR) is 121 cm³/mol. The van der Waals surface area contributed by atoms with E-state index in [4.69, 9.17) is 4.74 Å². The second kappa shape index (κ2) is 9.08. The SMILES string of the molecule is Cc1ccccc1N(CC(=O)NC[C@@H]1CCCO1)C(=O)[C@]1(C)CC(=O)N=C2C=CC=CN21. The zero-order valence-corrected chi connectivity index (χ0v) is 18.4. The maximum Gasteiger partial charge on any atom is 0.254 e. The minimum Gasteiger partial charge on any atom is -0.376 e. The molecule has 3 aliphatic heterocycles. The lowest BCUT2D eigenvalue weighted by molar-refractivity contribution is -0.133. The van der Waals surface area contributed by atoms with Gasteiger partial charge in [-0.15, -0.1) is 0 Å². The number of fused-ring (bicyclic) bond motifs is 1. The summed E-state index contributed by atoms with van der Waals surface area (Å²) in [7, 11) is 0. The third kappa shape index (κ3) is 4.36. The number of para-hydroxylation sites is 1. The van der Waals surface area contributed by atoms with Crippen molar-refractivity contribution >= 4 is 29.2 Å². The number of hydrogen-bond acceptors (Lipinski definition) is 5. The molecule has 0 aliphatic carbocycles. The van der Waals surface area contributed by atoms with E-state index in [1.54, 1.807) is 36.3 Å². The maximum atomic E-state index is 14.0. The molecule has 1 aromatic carbocycles. The van der Waals surface area contributed by atoms with Crippen molar-refractivity contribution in [1.82, 2.24) is 10.2 Å². The van der Waals surface area contributed by atoms with E-state index in [-0.39, 0.29) is 36.8 Å². The van der Waals surface area contributed by atoms with Crippen LogP contribution in [0.5, 0.6) is 0 Å². The third-order valence-electron chi connectivity index (χ3n) is 6.07. The van der Waals surface area contributed by atoms with Crippen molar-refractivity contribution in [3.05, 3.63) is 54.3 Å². The van der Waals surface area contributed by atoms with Crippen LogP contribution < -0.4 is 10.2 Å². The average Bonchev–Trinajstić information content (AvgIpc) is 3.30. The van der Waals surface area contributed by atoms with Gasteiger partial charge >= 0.3 is 0 Å². The number of nitrogens with one attached hydrogen (secondary N) is 1. The summed E-state index contributed by atoms with van der Waals surface area (Å²) in [6.07, 6.45) is 8.86. The van der Waals surface area contributed by atoms with Gasteiger partial charge in [-0.05, 0) is 50.5 Å². The number of allylic oxidation sites excluding steroid dienone is 2. The van der Waals surface area contributed by atoms with Gasteiger partial charge in [-0.1, -0.05) is 24.3 Å². The Morgan fingerprint density at radius 2 is 2.12 bits per heavy atom. The normalized spacial score (nSPS) is 24.2. The van der Waals surface area contributed by atoms with Crippen LogP contribution in [0.15, 0.2) is 53.7 Å². The zero-order valence-electron chi connectivity index (χ0n) is 18.4. The fourth-order valence-electron chi connectivity index (χ4n) is 4.32. The summed E-state index contributed by atoms with van der Waals surface area (Å²) >= 11 is 0. The monoisotopic (exact) mass is 436 g/mol. The highest BCUT2D eigenvalue weighted by atomic mass is 16.5. The Morgan fingerprint density at radius 1 is 1.31 bits per heavy atom. The molecular weight excluding hydrogens is 408 g/mol. The van der Waals surface area contributed by atoms with Crippen molar-refractivity contribution in [3.63, 3.8) is 0 Å². The topological polar surface area (TPSA) is 91.3 Å². The van der Waals surface area contributed by atoms with E-state index in [1.165, 1.54) is 4.90 Å². The molecule has 32 heavy (non-hydrogen) atoms. The Kier molecular flexibility index (Phi) is 6.23. The largest absolute Gasteiger partial charge is 0.376 e. The number of amidine groups is 1. The van der Waals surface area contributed by atoms with Gasteiger partial charge in [0.05, 0.1) is 12.5 Å². The Labute approximate surface area is 187 Å². The lowest BCUT2D eigenvalue weighted by Gasteiger charge is -2.44. The fraction of sp³-hybridized carbons (Fsp3) is 0.417. The third-order valence-corrected chi connectivity index (χ3v) is 6.07. The highest BCUT2D eigenvalue weighted by Crippen LogP contribution is 2.32. The molecule has 2 atom stereocenters. The molecule has 168 valence electrons. The van der Waals surface area contributed by atoms with Gasteiger partial charge < -0.3 is 19.9 Å². The Bertz CT molecular complexity index is 1010. The first kappa shape index (κ1) is 22.0. The number of nitrogens with zero attached hydrogens (tertiary/aromatic N) is 3. The molecule has 1 fully saturated rings. The second-order valence-electron chi connectivity index (χ2n) is 8.50. The highest BCUT2D eigenvalue weighted by Gasteiger charge is 2.48. The first-order chi connectivity index (χ1) is 15.4. The molecule has 3 amide bonds. The number of anilines is 1. The van der Waals surface area contributed by atoms with Gasteiger partial charge in [-0.3, -0.25) is 14.4 Å². The molecule has 8 nitrogen and oxygen atoms in total. The van der Waals surface area contributed by atoms with Gasteiger partial charge in [0, 0.05) is 25.0 Å². The summed E-state index contributed by atoms with van der Waals surface area (Å²) in [6, 6.07) is 7.42. The Morgan fingerprint density at radius 3 is 2.88 bits per heavy atom. The molecule has 1 saturated heterocycles. The van der Waals surface area contributed by atoms with Gasteiger partial charge in [0.1, 0.15) is 17.9 Å². The van der Waals surface area contributed by atoms with Gasteiger partial charge in [0.25, 0.3) is 11.8 Å². The summed E-state index contributed by atoms with van der Waals surface area (Å²) in [4.78, 5) is 46.5. The van der Waals surface area contributed by atoms with E-state index in [2.05, 4.69) is 10.3 Å². The van der Waals surface area contributed by atoms with Crippen molar-refractivity contribution in [1.29, 1.82) is 0 Å². The molecule has 1 N–H and O–H groups in total. The summed E-state index contributed by atoms with van der Waals surface area (Å²) < 4.78 is 5.58. The van der Waals surface area contributed by atoms with Crippen LogP contribution in [0, 0.1) is 6.92 Å². The van der Waals surface area contributed by atoms with Crippen LogP contribution in [-0.4, -0.2) is 59.8 Å². The van der Waals surface area contributed by atoms with Crippen molar-refractivity contribution in [2.45, 2.75) is 44.8 Å². The van der Waals surface area contributed by atoms with Gasteiger partial charge in [-0.2, -0.15) is 4.99 Å². The number of hydrogen-bond donors (Lipinski definition) is 1. The number of amides is 3. The second-order valence-corrected chi connectivity index (χ2v) is 8.50. The number of aryl methyl sites for hydroxylation is 1. The lowest BCUT2D eigenvalue weighted by atomic mass is 9.90. The first-order valence-corrected chi connectivity index (χ1v) is 10.9. The van der Waals surface area contributed by atoms with E-state index in [1.807, 2.05) is 31.2 Å². The van der Waals surface area contributed by atoms with Gasteiger partial charge in [0.15, 0.2) is 0 Å². The number of aliphatic imine (C=N–C) groups is 1. The first-order valence-electron chi connectivity index (χ1n) is 10.9. The molecule has 0 bridgehead atoms. The number of carbonyl (C=O) groups is 3. The summed E-state index contributed by atoms with van der Waals surface area (Å²) in [6.45, 7) is 4.59. The van der Waals surface area contributed by atoms with Crippen LogP contribution in [0.4, 0.5) is 5.69 Å². The van der Waals surface area contributed by atoms with Crippen LogP contribution in [0.2, 0.25) is 0 Å². The smallest absolute Gasteiger partial charge is 0.254 e. The molecule has 0 aromatic heterocycles. The van der Waals surface area contributed by atoms with Crippen LogP contribution in [-0.2, 0) is 19.1 Å². The van der Waals surface area contributed by atoms with Crippen molar-refractivity contribution in [2.75, 3.05) is 24.6 Å². The van der Waals surface area contributed by atoms with E-state index in [0.717, 1.165) is 18.4 Å². The minimum atomic E-state index is -1.20. The quantitative estimate of drug-likeness (QED) is 0.737. The molecule has 3 aliphatic rings. The fourth-order valence-corrected chi connectivity index (χ4v) is 4.32. The Hall–Kier alpha value is -3.26. The van der Waals surface area contributed by atoms with Crippen LogP contribution in [0.25, 0.3) is 0 Å². The van der Waals surface area contributed by atoms with Crippen molar-refractivity contribution in [2.24, 2.45) is 4.99 Å². The highest BCUT2D eigenvalue weighted by molar-refractivity contribution is 6.13. The Balaban J connectivity index is 1.61. The van der Waals surface area contributed by atoms with Crippen LogP contribution in [0.3, 0.4) is 0 Å². The van der Waals surface area contributed by atoms with E-state index in [9.17, 15) is 14.4 Å². The molecular formula is C24H28N4O4. The van der Waals surface area contributed by atoms with Crippen LogP contribution >= 0.6 is 0 Å². The van der Waals surface area contributed by atoms with Crippen LogP contribution in [0.1, 0.15) is 31.7 Å². The van der Waals surface area contributed by atoms with E-state index in [0.29, 0.717) is 24.7 Å². The van der Waals surface area contributed by atoms with Gasteiger partial charge in [-0.25, -0.2) is 0 Å². The average molecular weight is 437 g/mol.